The Hall–Kier alpha value is -3.90. The number of benzene rings is 3. The SMILES string of the molecule is Cc1cc(C=NNC(=O)CN2C(=O)c3cccc4cccc2c34)c(C)n1-c1cccc(Cl)c1. The second-order valence-corrected chi connectivity index (χ2v) is 8.44. The molecule has 1 aliphatic heterocycles. The lowest BCUT2D eigenvalue weighted by molar-refractivity contribution is -0.119. The number of anilines is 1. The van der Waals surface area contributed by atoms with E-state index in [0.29, 0.717) is 10.6 Å². The molecule has 3 aromatic carbocycles. The Bertz CT molecular complexity index is 1450. The molecule has 7 heteroatoms. The third-order valence-corrected chi connectivity index (χ3v) is 6.12. The number of hydrogen-bond donors (Lipinski definition) is 1. The van der Waals surface area contributed by atoms with Crippen molar-refractivity contribution in [2.45, 2.75) is 13.8 Å². The van der Waals surface area contributed by atoms with Gasteiger partial charge in [-0.2, -0.15) is 5.10 Å². The maximum atomic E-state index is 12.8. The molecule has 164 valence electrons. The van der Waals surface area contributed by atoms with Crippen molar-refractivity contribution in [1.82, 2.24) is 9.99 Å². The Morgan fingerprint density at radius 1 is 1.06 bits per heavy atom. The molecule has 1 aliphatic rings. The van der Waals surface area contributed by atoms with Gasteiger partial charge in [0.2, 0.25) is 0 Å². The van der Waals surface area contributed by atoms with Gasteiger partial charge in [0.05, 0.1) is 11.9 Å². The fourth-order valence-corrected chi connectivity index (χ4v) is 4.60. The van der Waals surface area contributed by atoms with E-state index in [4.69, 9.17) is 11.6 Å². The van der Waals surface area contributed by atoms with Crippen LogP contribution >= 0.6 is 11.6 Å². The van der Waals surface area contributed by atoms with Crippen molar-refractivity contribution >= 4 is 46.1 Å². The highest BCUT2D eigenvalue weighted by atomic mass is 35.5. The third-order valence-electron chi connectivity index (χ3n) is 5.88. The number of carbonyl (C=O) groups is 2. The summed E-state index contributed by atoms with van der Waals surface area (Å²) in [4.78, 5) is 26.9. The summed E-state index contributed by atoms with van der Waals surface area (Å²) >= 11 is 6.14. The number of nitrogens with one attached hydrogen (secondary N) is 1. The molecule has 0 aliphatic carbocycles. The highest BCUT2D eigenvalue weighted by Gasteiger charge is 2.30. The fourth-order valence-electron chi connectivity index (χ4n) is 4.42. The topological polar surface area (TPSA) is 66.7 Å². The Kier molecular flexibility index (Phi) is 5.23. The summed E-state index contributed by atoms with van der Waals surface area (Å²) in [5, 5.41) is 6.66. The van der Waals surface area contributed by atoms with Crippen LogP contribution in [-0.2, 0) is 4.79 Å². The second-order valence-electron chi connectivity index (χ2n) is 8.01. The lowest BCUT2D eigenvalue weighted by Crippen LogP contribution is -2.37. The molecule has 1 aromatic heterocycles. The van der Waals surface area contributed by atoms with Gasteiger partial charge in [0.15, 0.2) is 0 Å². The van der Waals surface area contributed by atoms with Crippen LogP contribution in [0.4, 0.5) is 5.69 Å². The molecule has 0 atom stereocenters. The van der Waals surface area contributed by atoms with Crippen LogP contribution in [0.3, 0.4) is 0 Å². The van der Waals surface area contributed by atoms with Crippen LogP contribution in [0, 0.1) is 13.8 Å². The lowest BCUT2D eigenvalue weighted by Gasteiger charge is -2.16. The Morgan fingerprint density at radius 2 is 1.82 bits per heavy atom. The summed E-state index contributed by atoms with van der Waals surface area (Å²) in [6, 6.07) is 20.9. The Morgan fingerprint density at radius 3 is 2.61 bits per heavy atom. The zero-order valence-corrected chi connectivity index (χ0v) is 18.9. The molecular weight excluding hydrogens is 436 g/mol. The van der Waals surface area contributed by atoms with E-state index in [1.54, 1.807) is 12.3 Å². The van der Waals surface area contributed by atoms with Gasteiger partial charge in [0, 0.05) is 38.6 Å². The van der Waals surface area contributed by atoms with Gasteiger partial charge < -0.3 is 4.57 Å². The zero-order valence-electron chi connectivity index (χ0n) is 18.2. The summed E-state index contributed by atoms with van der Waals surface area (Å²) in [7, 11) is 0. The van der Waals surface area contributed by atoms with Gasteiger partial charge in [-0.25, -0.2) is 5.43 Å². The summed E-state index contributed by atoms with van der Waals surface area (Å²) in [6.07, 6.45) is 1.61. The van der Waals surface area contributed by atoms with Crippen LogP contribution < -0.4 is 10.3 Å². The number of nitrogens with zero attached hydrogens (tertiary/aromatic N) is 3. The normalized spacial score (nSPS) is 12.8. The van der Waals surface area contributed by atoms with E-state index in [0.717, 1.165) is 39.1 Å². The summed E-state index contributed by atoms with van der Waals surface area (Å²) in [5.41, 5.74) is 7.75. The number of aryl methyl sites for hydroxylation is 1. The van der Waals surface area contributed by atoms with Crippen molar-refractivity contribution in [1.29, 1.82) is 0 Å². The number of halogens is 1. The molecule has 1 N–H and O–H groups in total. The lowest BCUT2D eigenvalue weighted by atomic mass is 10.1. The molecule has 2 amide bonds. The van der Waals surface area contributed by atoms with Gasteiger partial charge in [-0.1, -0.05) is 41.9 Å². The second kappa shape index (κ2) is 8.22. The molecule has 0 saturated heterocycles. The summed E-state index contributed by atoms with van der Waals surface area (Å²) in [5.74, 6) is -0.543. The third kappa shape index (κ3) is 3.68. The van der Waals surface area contributed by atoms with Crippen molar-refractivity contribution in [3.05, 3.63) is 94.3 Å². The van der Waals surface area contributed by atoms with Crippen LogP contribution in [0.1, 0.15) is 27.3 Å². The first kappa shape index (κ1) is 21.0. The molecule has 4 aromatic rings. The van der Waals surface area contributed by atoms with Crippen molar-refractivity contribution in [2.24, 2.45) is 5.10 Å². The van der Waals surface area contributed by atoms with Gasteiger partial charge in [-0.3, -0.25) is 14.5 Å². The van der Waals surface area contributed by atoms with Crippen molar-refractivity contribution in [3.8, 4) is 5.69 Å². The van der Waals surface area contributed by atoms with Gasteiger partial charge in [0.1, 0.15) is 6.54 Å². The number of hydrogen-bond acceptors (Lipinski definition) is 3. The number of rotatable bonds is 5. The van der Waals surface area contributed by atoms with Crippen molar-refractivity contribution in [2.75, 3.05) is 11.4 Å². The monoisotopic (exact) mass is 456 g/mol. The molecule has 5 rings (SSSR count). The minimum atomic E-state index is -0.368. The van der Waals surface area contributed by atoms with Gasteiger partial charge in [0.25, 0.3) is 11.8 Å². The standard InChI is InChI=1S/C26H21ClN4O2/c1-16-12-19(17(2)31(16)21-9-5-8-20(27)13-21)14-28-29-24(32)15-30-23-11-4-7-18-6-3-10-22(25(18)23)26(30)33/h3-14H,15H2,1-2H3,(H,29,32). The van der Waals surface area contributed by atoms with Gasteiger partial charge >= 0.3 is 0 Å². The molecule has 0 fully saturated rings. The van der Waals surface area contributed by atoms with Crippen LogP contribution in [0.5, 0.6) is 0 Å². The van der Waals surface area contributed by atoms with E-state index in [1.807, 2.05) is 74.5 Å². The summed E-state index contributed by atoms with van der Waals surface area (Å²) < 4.78 is 2.08. The summed E-state index contributed by atoms with van der Waals surface area (Å²) in [6.45, 7) is 3.88. The predicted molar refractivity (Wildman–Crippen MR) is 132 cm³/mol. The maximum absolute atomic E-state index is 12.8. The average molecular weight is 457 g/mol. The predicted octanol–water partition coefficient (Wildman–Crippen LogP) is 5.01. The van der Waals surface area contributed by atoms with E-state index < -0.39 is 0 Å². The highest BCUT2D eigenvalue weighted by molar-refractivity contribution is 6.30. The van der Waals surface area contributed by atoms with Crippen molar-refractivity contribution < 1.29 is 9.59 Å². The molecular formula is C26H21ClN4O2. The molecule has 0 spiro atoms. The minimum absolute atomic E-state index is 0.106. The Balaban J connectivity index is 1.31. The number of amides is 2. The van der Waals surface area contributed by atoms with Crippen LogP contribution in [-0.4, -0.2) is 29.1 Å². The van der Waals surface area contributed by atoms with E-state index in [-0.39, 0.29) is 18.4 Å². The largest absolute Gasteiger partial charge is 0.318 e. The molecule has 2 heterocycles. The molecule has 0 unspecified atom stereocenters. The Labute approximate surface area is 196 Å². The van der Waals surface area contributed by atoms with E-state index >= 15 is 0 Å². The first-order chi connectivity index (χ1) is 15.9. The van der Waals surface area contributed by atoms with Gasteiger partial charge in [-0.15, -0.1) is 0 Å². The van der Waals surface area contributed by atoms with Crippen molar-refractivity contribution in [3.63, 3.8) is 0 Å². The number of hydrazone groups is 1. The molecule has 0 radical (unpaired) electrons. The first-order valence-electron chi connectivity index (χ1n) is 10.5. The van der Waals surface area contributed by atoms with E-state index in [1.165, 1.54) is 4.90 Å². The molecule has 0 saturated carbocycles. The quantitative estimate of drug-likeness (QED) is 0.339. The minimum Gasteiger partial charge on any atom is -0.318 e. The average Bonchev–Trinajstić information content (AvgIpc) is 3.23. The number of aromatic nitrogens is 1. The fraction of sp³-hybridized carbons (Fsp3) is 0.115. The van der Waals surface area contributed by atoms with Gasteiger partial charge in [-0.05, 0) is 55.6 Å². The maximum Gasteiger partial charge on any atom is 0.260 e. The first-order valence-corrected chi connectivity index (χ1v) is 10.9. The van der Waals surface area contributed by atoms with Crippen LogP contribution in [0.2, 0.25) is 5.02 Å². The molecule has 0 bridgehead atoms. The van der Waals surface area contributed by atoms with Crippen LogP contribution in [0.15, 0.2) is 71.8 Å². The highest BCUT2D eigenvalue weighted by Crippen LogP contribution is 2.36. The van der Waals surface area contributed by atoms with E-state index in [9.17, 15) is 9.59 Å². The van der Waals surface area contributed by atoms with Crippen LogP contribution in [0.25, 0.3) is 16.5 Å². The smallest absolute Gasteiger partial charge is 0.260 e. The molecule has 33 heavy (non-hydrogen) atoms. The molecule has 6 nitrogen and oxygen atoms in total. The van der Waals surface area contributed by atoms with E-state index in [2.05, 4.69) is 15.1 Å². The number of carbonyl (C=O) groups excluding carboxylic acids is 2. The zero-order chi connectivity index (χ0) is 23.1.